The van der Waals surface area contributed by atoms with Gasteiger partial charge in [-0.15, -0.1) is 0 Å². The summed E-state index contributed by atoms with van der Waals surface area (Å²) < 4.78 is 2.98. The van der Waals surface area contributed by atoms with E-state index in [4.69, 9.17) is 4.98 Å². The quantitative estimate of drug-likeness (QED) is 0.636. The van der Waals surface area contributed by atoms with Gasteiger partial charge in [0.1, 0.15) is 5.82 Å². The second kappa shape index (κ2) is 8.00. The number of amides is 1. The van der Waals surface area contributed by atoms with Crippen LogP contribution in [0.3, 0.4) is 0 Å². The molecule has 0 aliphatic carbocycles. The summed E-state index contributed by atoms with van der Waals surface area (Å²) >= 11 is 3.58. The SMILES string of the molecule is CN(Cc1ccccc1Br)C(=O)C1CN(c2c3c(nc4ccnn24)CCNCC3)C1. The summed E-state index contributed by atoms with van der Waals surface area (Å²) in [7, 11) is 1.89. The highest BCUT2D eigenvalue weighted by Crippen LogP contribution is 2.32. The number of rotatable bonds is 4. The van der Waals surface area contributed by atoms with Crippen molar-refractivity contribution in [3.8, 4) is 0 Å². The van der Waals surface area contributed by atoms with Crippen molar-refractivity contribution in [3.63, 3.8) is 0 Å². The van der Waals surface area contributed by atoms with E-state index >= 15 is 0 Å². The summed E-state index contributed by atoms with van der Waals surface area (Å²) in [4.78, 5) is 22.0. The van der Waals surface area contributed by atoms with Crippen LogP contribution in [-0.4, -0.2) is 58.6 Å². The molecule has 0 radical (unpaired) electrons. The lowest BCUT2D eigenvalue weighted by Gasteiger charge is -2.42. The molecule has 7 nitrogen and oxygen atoms in total. The monoisotopic (exact) mass is 468 g/mol. The highest BCUT2D eigenvalue weighted by molar-refractivity contribution is 9.10. The first kappa shape index (κ1) is 19.5. The maximum Gasteiger partial charge on any atom is 0.229 e. The highest BCUT2D eigenvalue weighted by Gasteiger charge is 2.37. The van der Waals surface area contributed by atoms with Crippen LogP contribution < -0.4 is 10.2 Å². The Bertz CT molecular complexity index is 1090. The van der Waals surface area contributed by atoms with Gasteiger partial charge in [-0.3, -0.25) is 4.79 Å². The fourth-order valence-corrected chi connectivity index (χ4v) is 4.83. The minimum atomic E-state index is 0.0100. The molecule has 30 heavy (non-hydrogen) atoms. The van der Waals surface area contributed by atoms with Gasteiger partial charge < -0.3 is 15.1 Å². The fourth-order valence-electron chi connectivity index (χ4n) is 4.42. The number of aromatic nitrogens is 3. The summed E-state index contributed by atoms with van der Waals surface area (Å²) in [5.74, 6) is 1.32. The number of fused-ring (bicyclic) bond motifs is 2. The molecule has 3 aromatic rings. The molecule has 4 heterocycles. The van der Waals surface area contributed by atoms with Crippen molar-refractivity contribution in [3.05, 3.63) is 57.8 Å². The van der Waals surface area contributed by atoms with Crippen molar-refractivity contribution >= 4 is 33.3 Å². The molecule has 0 bridgehead atoms. The first-order valence-corrected chi connectivity index (χ1v) is 11.2. The summed E-state index contributed by atoms with van der Waals surface area (Å²) in [6, 6.07) is 10.0. The minimum absolute atomic E-state index is 0.0100. The van der Waals surface area contributed by atoms with Crippen LogP contribution >= 0.6 is 15.9 Å². The lowest BCUT2D eigenvalue weighted by molar-refractivity contribution is -0.135. The molecule has 0 saturated carbocycles. The lowest BCUT2D eigenvalue weighted by Crippen LogP contribution is -2.54. The number of carbonyl (C=O) groups excluding carboxylic acids is 1. The van der Waals surface area contributed by atoms with Gasteiger partial charge in [0.25, 0.3) is 0 Å². The number of hydrogen-bond acceptors (Lipinski definition) is 5. The highest BCUT2D eigenvalue weighted by atomic mass is 79.9. The van der Waals surface area contributed by atoms with Crippen molar-refractivity contribution < 1.29 is 4.79 Å². The Morgan fingerprint density at radius 3 is 2.87 bits per heavy atom. The van der Waals surface area contributed by atoms with E-state index < -0.39 is 0 Å². The second-order valence-electron chi connectivity index (χ2n) is 8.10. The summed E-state index contributed by atoms with van der Waals surface area (Å²) in [5.41, 5.74) is 4.42. The number of anilines is 1. The molecule has 5 rings (SSSR count). The average molecular weight is 469 g/mol. The van der Waals surface area contributed by atoms with E-state index in [9.17, 15) is 4.79 Å². The van der Waals surface area contributed by atoms with E-state index in [-0.39, 0.29) is 11.8 Å². The topological polar surface area (TPSA) is 65.8 Å². The Hall–Kier alpha value is -2.45. The van der Waals surface area contributed by atoms with Crippen LogP contribution in [0.15, 0.2) is 41.0 Å². The standard InChI is InChI=1S/C22H25BrN6O/c1-27(12-15-4-2-3-5-18(15)23)22(30)16-13-28(14-16)21-17-6-9-24-10-7-19(17)26-20-8-11-25-29(20)21/h2-5,8,11,16,24H,6-7,9-10,12-14H2,1H3. The number of hydrogen-bond donors (Lipinski definition) is 1. The Balaban J connectivity index is 1.34. The molecule has 0 unspecified atom stereocenters. The van der Waals surface area contributed by atoms with Crippen LogP contribution in [0.5, 0.6) is 0 Å². The Labute approximate surface area is 184 Å². The van der Waals surface area contributed by atoms with Gasteiger partial charge in [-0.1, -0.05) is 34.1 Å². The maximum atomic E-state index is 13.0. The fraction of sp³-hybridized carbons (Fsp3) is 0.409. The number of benzene rings is 1. The molecule has 1 N–H and O–H groups in total. The summed E-state index contributed by atoms with van der Waals surface area (Å²) in [5, 5.41) is 7.98. The molecule has 0 atom stereocenters. The van der Waals surface area contributed by atoms with Crippen molar-refractivity contribution in [2.24, 2.45) is 5.92 Å². The predicted molar refractivity (Wildman–Crippen MR) is 120 cm³/mol. The minimum Gasteiger partial charge on any atom is -0.354 e. The predicted octanol–water partition coefficient (Wildman–Crippen LogP) is 2.27. The Morgan fingerprint density at radius 2 is 2.03 bits per heavy atom. The normalized spacial score (nSPS) is 16.8. The molecule has 2 aromatic heterocycles. The number of halogens is 1. The summed E-state index contributed by atoms with van der Waals surface area (Å²) in [6.45, 7) is 3.94. The largest absolute Gasteiger partial charge is 0.354 e. The second-order valence-corrected chi connectivity index (χ2v) is 8.95. The molecular formula is C22H25BrN6O. The zero-order valence-electron chi connectivity index (χ0n) is 17.0. The van der Waals surface area contributed by atoms with Crippen LogP contribution in [0.2, 0.25) is 0 Å². The number of nitrogens with zero attached hydrogens (tertiary/aromatic N) is 5. The third-order valence-electron chi connectivity index (χ3n) is 6.05. The number of carbonyl (C=O) groups is 1. The van der Waals surface area contributed by atoms with Crippen LogP contribution in [0.1, 0.15) is 16.8 Å². The summed E-state index contributed by atoms with van der Waals surface area (Å²) in [6.07, 6.45) is 3.66. The van der Waals surface area contributed by atoms with Crippen LogP contribution in [-0.2, 0) is 24.2 Å². The van der Waals surface area contributed by atoms with Crippen molar-refractivity contribution in [2.45, 2.75) is 19.4 Å². The maximum absolute atomic E-state index is 13.0. The van der Waals surface area contributed by atoms with Gasteiger partial charge in [-0.25, -0.2) is 4.98 Å². The third kappa shape index (κ3) is 3.48. The van der Waals surface area contributed by atoms with Gasteiger partial charge in [0.15, 0.2) is 5.65 Å². The van der Waals surface area contributed by atoms with Crippen molar-refractivity contribution in [1.29, 1.82) is 0 Å². The Morgan fingerprint density at radius 1 is 1.23 bits per heavy atom. The van der Waals surface area contributed by atoms with Crippen LogP contribution in [0.4, 0.5) is 5.82 Å². The van der Waals surface area contributed by atoms with E-state index in [1.807, 2.05) is 40.7 Å². The van der Waals surface area contributed by atoms with Gasteiger partial charge in [0, 0.05) is 55.8 Å². The molecule has 2 aliphatic heterocycles. The molecule has 8 heteroatoms. The van der Waals surface area contributed by atoms with Crippen LogP contribution in [0, 0.1) is 5.92 Å². The molecule has 1 amide bonds. The first-order valence-electron chi connectivity index (χ1n) is 10.4. The molecule has 1 fully saturated rings. The van der Waals surface area contributed by atoms with Gasteiger partial charge in [0.05, 0.1) is 17.8 Å². The molecule has 2 aliphatic rings. The lowest BCUT2D eigenvalue weighted by atomic mass is 9.96. The molecule has 1 aromatic carbocycles. The van der Waals surface area contributed by atoms with Gasteiger partial charge in [-0.2, -0.15) is 9.61 Å². The molecule has 1 saturated heterocycles. The molecule has 156 valence electrons. The number of nitrogens with one attached hydrogen (secondary N) is 1. The smallest absolute Gasteiger partial charge is 0.229 e. The van der Waals surface area contributed by atoms with E-state index in [1.54, 1.807) is 6.20 Å². The van der Waals surface area contributed by atoms with E-state index in [0.717, 1.165) is 66.2 Å². The van der Waals surface area contributed by atoms with E-state index in [0.29, 0.717) is 6.54 Å². The zero-order chi connectivity index (χ0) is 20.7. The molecule has 0 spiro atoms. The van der Waals surface area contributed by atoms with E-state index in [2.05, 4.69) is 37.3 Å². The van der Waals surface area contributed by atoms with Gasteiger partial charge in [0.2, 0.25) is 5.91 Å². The third-order valence-corrected chi connectivity index (χ3v) is 6.83. The molecular weight excluding hydrogens is 444 g/mol. The van der Waals surface area contributed by atoms with Crippen molar-refractivity contribution in [1.82, 2.24) is 24.8 Å². The van der Waals surface area contributed by atoms with Crippen molar-refractivity contribution in [2.75, 3.05) is 38.1 Å². The van der Waals surface area contributed by atoms with Gasteiger partial charge >= 0.3 is 0 Å². The van der Waals surface area contributed by atoms with Gasteiger partial charge in [-0.05, 0) is 24.6 Å². The zero-order valence-corrected chi connectivity index (χ0v) is 18.6. The Kier molecular flexibility index (Phi) is 5.20. The average Bonchev–Trinajstić information content (AvgIpc) is 3.04. The van der Waals surface area contributed by atoms with Crippen LogP contribution in [0.25, 0.3) is 5.65 Å². The first-order chi connectivity index (χ1) is 14.6. The van der Waals surface area contributed by atoms with E-state index in [1.165, 1.54) is 5.56 Å².